The molecule has 3 heterocycles. The minimum atomic E-state index is -0.318. The topological polar surface area (TPSA) is 82.2 Å². The van der Waals surface area contributed by atoms with Gasteiger partial charge in [0.25, 0.3) is 11.5 Å². The Kier molecular flexibility index (Phi) is 5.78. The third kappa shape index (κ3) is 4.36. The Bertz CT molecular complexity index is 820. The quantitative estimate of drug-likeness (QED) is 0.888. The first kappa shape index (κ1) is 17.8. The number of hydrogen-bond donors (Lipinski definition) is 1. The molecule has 1 aliphatic heterocycles. The SMILES string of the molecule is CCC/C=C/c1ccc(N2CCN(C(=O)c3cc(=O)[nH]cn3)CC2)cn1. The van der Waals surface area contributed by atoms with Crippen molar-refractivity contribution in [2.24, 2.45) is 0 Å². The number of pyridine rings is 1. The monoisotopic (exact) mass is 353 g/mol. The van der Waals surface area contributed by atoms with E-state index in [-0.39, 0.29) is 17.2 Å². The number of H-pyrrole nitrogens is 1. The zero-order chi connectivity index (χ0) is 18.4. The standard InChI is InChI=1S/C19H23N5O2/c1-2-3-4-5-15-6-7-16(13-20-15)23-8-10-24(11-9-23)19(26)17-12-18(25)22-14-21-17/h4-7,12-14H,2-3,8-11H2,1H3,(H,21,22,25)/b5-4+. The molecule has 0 radical (unpaired) electrons. The molecule has 0 aromatic carbocycles. The summed E-state index contributed by atoms with van der Waals surface area (Å²) in [5.41, 5.74) is 1.88. The summed E-state index contributed by atoms with van der Waals surface area (Å²) < 4.78 is 0. The Labute approximate surface area is 152 Å². The van der Waals surface area contributed by atoms with E-state index in [4.69, 9.17) is 0 Å². The molecule has 136 valence electrons. The molecule has 7 nitrogen and oxygen atoms in total. The van der Waals surface area contributed by atoms with Gasteiger partial charge >= 0.3 is 0 Å². The number of anilines is 1. The molecule has 0 spiro atoms. The first-order valence-corrected chi connectivity index (χ1v) is 8.89. The number of nitrogens with one attached hydrogen (secondary N) is 1. The number of rotatable bonds is 5. The Balaban J connectivity index is 1.58. The number of nitrogens with zero attached hydrogens (tertiary/aromatic N) is 4. The maximum atomic E-state index is 12.4. The van der Waals surface area contributed by atoms with Gasteiger partial charge in [0, 0.05) is 32.2 Å². The van der Waals surface area contributed by atoms with E-state index in [9.17, 15) is 9.59 Å². The van der Waals surface area contributed by atoms with Gasteiger partial charge in [-0.1, -0.05) is 19.4 Å². The van der Waals surface area contributed by atoms with Crippen molar-refractivity contribution in [2.75, 3.05) is 31.1 Å². The zero-order valence-electron chi connectivity index (χ0n) is 14.9. The predicted octanol–water partition coefficient (Wildman–Crippen LogP) is 1.94. The molecular formula is C19H23N5O2. The van der Waals surface area contributed by atoms with Gasteiger partial charge in [0.2, 0.25) is 0 Å². The molecule has 2 aromatic rings. The molecule has 0 bridgehead atoms. The third-order valence-electron chi connectivity index (χ3n) is 4.34. The third-order valence-corrected chi connectivity index (χ3v) is 4.34. The summed E-state index contributed by atoms with van der Waals surface area (Å²) in [6.45, 7) is 4.78. The van der Waals surface area contributed by atoms with Gasteiger partial charge in [0.05, 0.1) is 23.9 Å². The number of aromatic nitrogens is 3. The van der Waals surface area contributed by atoms with E-state index in [1.54, 1.807) is 4.90 Å². The summed E-state index contributed by atoms with van der Waals surface area (Å²) in [6, 6.07) is 5.32. The second kappa shape index (κ2) is 8.42. The average molecular weight is 353 g/mol. The Morgan fingerprint density at radius 2 is 2.04 bits per heavy atom. The van der Waals surface area contributed by atoms with E-state index in [2.05, 4.69) is 38.9 Å². The van der Waals surface area contributed by atoms with Crippen LogP contribution in [0.25, 0.3) is 6.08 Å². The fourth-order valence-corrected chi connectivity index (χ4v) is 2.87. The van der Waals surface area contributed by atoms with Gasteiger partial charge in [-0.2, -0.15) is 0 Å². The van der Waals surface area contributed by atoms with E-state index in [1.165, 1.54) is 12.4 Å². The second-order valence-electron chi connectivity index (χ2n) is 6.21. The normalized spacial score (nSPS) is 14.8. The summed E-state index contributed by atoms with van der Waals surface area (Å²) in [5, 5.41) is 0. The van der Waals surface area contributed by atoms with Gasteiger partial charge in [-0.25, -0.2) is 4.98 Å². The van der Waals surface area contributed by atoms with Crippen molar-refractivity contribution in [2.45, 2.75) is 19.8 Å². The lowest BCUT2D eigenvalue weighted by Crippen LogP contribution is -2.49. The lowest BCUT2D eigenvalue weighted by Gasteiger charge is -2.35. The highest BCUT2D eigenvalue weighted by atomic mass is 16.2. The molecule has 2 aromatic heterocycles. The minimum Gasteiger partial charge on any atom is -0.367 e. The van der Waals surface area contributed by atoms with Crippen LogP contribution < -0.4 is 10.5 Å². The van der Waals surface area contributed by atoms with E-state index in [0.29, 0.717) is 13.1 Å². The highest BCUT2D eigenvalue weighted by Gasteiger charge is 2.23. The molecule has 3 rings (SSSR count). The highest BCUT2D eigenvalue weighted by molar-refractivity contribution is 5.92. The van der Waals surface area contributed by atoms with Crippen molar-refractivity contribution < 1.29 is 4.79 Å². The number of allylic oxidation sites excluding steroid dienone is 1. The van der Waals surface area contributed by atoms with Gasteiger partial charge in [0.15, 0.2) is 0 Å². The molecule has 0 atom stereocenters. The summed E-state index contributed by atoms with van der Waals surface area (Å²) >= 11 is 0. The number of aromatic amines is 1. The Morgan fingerprint density at radius 3 is 2.69 bits per heavy atom. The van der Waals surface area contributed by atoms with Crippen LogP contribution >= 0.6 is 0 Å². The Hall–Kier alpha value is -2.96. The van der Waals surface area contributed by atoms with Crippen molar-refractivity contribution in [3.63, 3.8) is 0 Å². The van der Waals surface area contributed by atoms with Crippen LogP contribution in [0.3, 0.4) is 0 Å². The summed E-state index contributed by atoms with van der Waals surface area (Å²) in [5.74, 6) is -0.203. The van der Waals surface area contributed by atoms with Crippen molar-refractivity contribution in [1.82, 2.24) is 19.9 Å². The van der Waals surface area contributed by atoms with Crippen LogP contribution in [-0.2, 0) is 0 Å². The van der Waals surface area contributed by atoms with Gasteiger partial charge in [0.1, 0.15) is 5.69 Å². The molecule has 1 fully saturated rings. The largest absolute Gasteiger partial charge is 0.367 e. The molecule has 1 amide bonds. The molecule has 1 N–H and O–H groups in total. The van der Waals surface area contributed by atoms with E-state index in [0.717, 1.165) is 37.3 Å². The second-order valence-corrected chi connectivity index (χ2v) is 6.21. The molecule has 7 heteroatoms. The summed E-state index contributed by atoms with van der Waals surface area (Å²) in [4.78, 5) is 38.6. The predicted molar refractivity (Wildman–Crippen MR) is 101 cm³/mol. The van der Waals surface area contributed by atoms with Gasteiger partial charge in [-0.3, -0.25) is 14.6 Å². The van der Waals surface area contributed by atoms with Crippen LogP contribution in [0.5, 0.6) is 0 Å². The number of carbonyl (C=O) groups is 1. The van der Waals surface area contributed by atoms with Crippen LogP contribution in [0.15, 0.2) is 41.6 Å². The maximum Gasteiger partial charge on any atom is 0.272 e. The lowest BCUT2D eigenvalue weighted by molar-refractivity contribution is 0.0740. The molecule has 1 aliphatic rings. The van der Waals surface area contributed by atoms with Gasteiger partial charge in [-0.05, 0) is 24.6 Å². The average Bonchev–Trinajstić information content (AvgIpc) is 2.68. The first-order chi connectivity index (χ1) is 12.7. The van der Waals surface area contributed by atoms with Crippen molar-refractivity contribution in [3.8, 4) is 0 Å². The molecule has 0 saturated carbocycles. The van der Waals surface area contributed by atoms with E-state index >= 15 is 0 Å². The number of unbranched alkanes of at least 4 members (excludes halogenated alkanes) is 1. The van der Waals surface area contributed by atoms with Crippen LogP contribution in [0, 0.1) is 0 Å². The first-order valence-electron chi connectivity index (χ1n) is 8.89. The number of hydrogen-bond acceptors (Lipinski definition) is 5. The van der Waals surface area contributed by atoms with E-state index < -0.39 is 0 Å². The summed E-state index contributed by atoms with van der Waals surface area (Å²) in [6.07, 6.45) is 9.49. The van der Waals surface area contributed by atoms with Gasteiger partial charge in [-0.15, -0.1) is 0 Å². The maximum absolute atomic E-state index is 12.4. The fourth-order valence-electron chi connectivity index (χ4n) is 2.87. The zero-order valence-corrected chi connectivity index (χ0v) is 14.9. The lowest BCUT2D eigenvalue weighted by atomic mass is 10.2. The molecular weight excluding hydrogens is 330 g/mol. The number of piperazine rings is 1. The van der Waals surface area contributed by atoms with Crippen LogP contribution in [0.4, 0.5) is 5.69 Å². The highest BCUT2D eigenvalue weighted by Crippen LogP contribution is 2.17. The Morgan fingerprint density at radius 1 is 1.23 bits per heavy atom. The van der Waals surface area contributed by atoms with E-state index in [1.807, 2.05) is 18.3 Å². The fraction of sp³-hybridized carbons (Fsp3) is 0.368. The smallest absolute Gasteiger partial charge is 0.272 e. The number of carbonyl (C=O) groups excluding carboxylic acids is 1. The summed E-state index contributed by atoms with van der Waals surface area (Å²) in [7, 11) is 0. The van der Waals surface area contributed by atoms with Crippen molar-refractivity contribution in [3.05, 3.63) is 58.5 Å². The minimum absolute atomic E-state index is 0.187. The van der Waals surface area contributed by atoms with Crippen LogP contribution in [0.1, 0.15) is 35.9 Å². The molecule has 0 unspecified atom stereocenters. The molecule has 1 saturated heterocycles. The molecule has 0 aliphatic carbocycles. The van der Waals surface area contributed by atoms with Crippen LogP contribution in [0.2, 0.25) is 0 Å². The van der Waals surface area contributed by atoms with Gasteiger partial charge < -0.3 is 14.8 Å². The van der Waals surface area contributed by atoms with Crippen molar-refractivity contribution >= 4 is 17.7 Å². The van der Waals surface area contributed by atoms with Crippen molar-refractivity contribution in [1.29, 1.82) is 0 Å². The number of amides is 1. The molecule has 26 heavy (non-hydrogen) atoms. The van der Waals surface area contributed by atoms with Crippen LogP contribution in [-0.4, -0.2) is 51.9 Å².